The lowest BCUT2D eigenvalue weighted by Crippen LogP contribution is -2.52. The fraction of sp³-hybridized carbons (Fsp3) is 0.500. The molecule has 0 aromatic heterocycles. The van der Waals surface area contributed by atoms with Crippen molar-refractivity contribution in [3.8, 4) is 0 Å². The molecule has 1 aromatic rings. The van der Waals surface area contributed by atoms with Gasteiger partial charge in [0.1, 0.15) is 0 Å². The van der Waals surface area contributed by atoms with Crippen molar-refractivity contribution in [1.82, 2.24) is 16.0 Å². The summed E-state index contributed by atoms with van der Waals surface area (Å²) in [5.41, 5.74) is 1.01. The Morgan fingerprint density at radius 1 is 1.12 bits per heavy atom. The zero-order valence-corrected chi connectivity index (χ0v) is 15.6. The first-order valence-corrected chi connectivity index (χ1v) is 9.09. The van der Waals surface area contributed by atoms with Crippen molar-refractivity contribution in [1.29, 1.82) is 0 Å². The second kappa shape index (κ2) is 11.7. The Labute approximate surface area is 154 Å². The van der Waals surface area contributed by atoms with Gasteiger partial charge in [0.15, 0.2) is 5.78 Å². The molecular weight excluding hydrogens is 338 g/mol. The number of rotatable bonds is 11. The number of Topliss-reactive ketones (excluding diaryl/α,β-unsaturated/α-hetero) is 1. The average molecular weight is 365 g/mol. The van der Waals surface area contributed by atoms with Crippen molar-refractivity contribution in [2.24, 2.45) is 0 Å². The zero-order chi connectivity index (χ0) is 18.7. The lowest BCUT2D eigenvalue weighted by molar-refractivity contribution is -0.127. The second-order valence-corrected chi connectivity index (χ2v) is 6.19. The first-order chi connectivity index (χ1) is 12.0. The predicted molar refractivity (Wildman–Crippen MR) is 102 cm³/mol. The molecule has 25 heavy (non-hydrogen) atoms. The largest absolute Gasteiger partial charge is 0.355 e. The fourth-order valence-corrected chi connectivity index (χ4v) is 2.50. The highest BCUT2D eigenvalue weighted by molar-refractivity contribution is 7.80. The first-order valence-electron chi connectivity index (χ1n) is 8.45. The molecule has 0 aliphatic heterocycles. The van der Waals surface area contributed by atoms with Crippen molar-refractivity contribution in [2.75, 3.05) is 18.8 Å². The van der Waals surface area contributed by atoms with Gasteiger partial charge in [-0.1, -0.05) is 30.3 Å². The molecule has 0 spiro atoms. The van der Waals surface area contributed by atoms with E-state index < -0.39 is 12.1 Å². The zero-order valence-electron chi connectivity index (χ0n) is 14.7. The molecule has 6 nitrogen and oxygen atoms in total. The van der Waals surface area contributed by atoms with Gasteiger partial charge < -0.3 is 10.6 Å². The molecule has 3 N–H and O–H groups in total. The van der Waals surface area contributed by atoms with Crippen LogP contribution in [0.2, 0.25) is 0 Å². The van der Waals surface area contributed by atoms with E-state index >= 15 is 0 Å². The summed E-state index contributed by atoms with van der Waals surface area (Å²) in [6.07, 6.45) is 0.754. The maximum Gasteiger partial charge on any atom is 0.237 e. The van der Waals surface area contributed by atoms with Crippen LogP contribution < -0.4 is 16.0 Å². The van der Waals surface area contributed by atoms with Gasteiger partial charge in [-0.15, -0.1) is 0 Å². The van der Waals surface area contributed by atoms with E-state index in [0.29, 0.717) is 18.7 Å². The second-order valence-electron chi connectivity index (χ2n) is 5.74. The third-order valence-electron chi connectivity index (χ3n) is 3.68. The summed E-state index contributed by atoms with van der Waals surface area (Å²) in [7, 11) is 0. The molecule has 0 saturated carbocycles. The number of hydrogen-bond donors (Lipinski definition) is 4. The van der Waals surface area contributed by atoms with E-state index in [1.165, 1.54) is 0 Å². The molecule has 0 radical (unpaired) electrons. The SMILES string of the molecule is CCNC(=O)C(Cc1ccccc1)NC(C)C(=O)CNC(=O)CCS. The maximum absolute atomic E-state index is 12.3. The van der Waals surface area contributed by atoms with E-state index in [-0.39, 0.29) is 30.6 Å². The number of amides is 2. The summed E-state index contributed by atoms with van der Waals surface area (Å²) >= 11 is 3.98. The van der Waals surface area contributed by atoms with E-state index in [0.717, 1.165) is 5.56 Å². The van der Waals surface area contributed by atoms with Crippen molar-refractivity contribution in [2.45, 2.75) is 38.8 Å². The molecule has 1 aromatic carbocycles. The highest BCUT2D eigenvalue weighted by atomic mass is 32.1. The lowest BCUT2D eigenvalue weighted by atomic mass is 10.0. The first kappa shape index (κ1) is 21.2. The van der Waals surface area contributed by atoms with Gasteiger partial charge in [-0.2, -0.15) is 12.6 Å². The number of hydrogen-bond acceptors (Lipinski definition) is 5. The quantitative estimate of drug-likeness (QED) is 0.435. The van der Waals surface area contributed by atoms with Crippen LogP contribution in [0.1, 0.15) is 25.8 Å². The normalized spacial score (nSPS) is 12.9. The number of likely N-dealkylation sites (N-methyl/N-ethyl adjacent to an activating group) is 1. The minimum Gasteiger partial charge on any atom is -0.355 e. The monoisotopic (exact) mass is 365 g/mol. The van der Waals surface area contributed by atoms with Crippen LogP contribution in [0, 0.1) is 0 Å². The van der Waals surface area contributed by atoms with Crippen LogP contribution in [-0.4, -0.2) is 48.5 Å². The number of carbonyl (C=O) groups excluding carboxylic acids is 3. The molecule has 2 amide bonds. The van der Waals surface area contributed by atoms with Crippen LogP contribution >= 0.6 is 12.6 Å². The molecule has 1 rings (SSSR count). The summed E-state index contributed by atoms with van der Waals surface area (Å²) in [5.74, 6) is -0.0930. The Bertz CT molecular complexity index is 566. The van der Waals surface area contributed by atoms with Crippen molar-refractivity contribution in [3.63, 3.8) is 0 Å². The summed E-state index contributed by atoms with van der Waals surface area (Å²) in [6, 6.07) is 8.56. The van der Waals surface area contributed by atoms with Crippen LogP contribution in [0.5, 0.6) is 0 Å². The Balaban J connectivity index is 2.64. The van der Waals surface area contributed by atoms with Crippen LogP contribution in [0.4, 0.5) is 0 Å². The summed E-state index contributed by atoms with van der Waals surface area (Å²) in [4.78, 5) is 35.9. The molecule has 0 saturated heterocycles. The average Bonchev–Trinajstić information content (AvgIpc) is 2.60. The van der Waals surface area contributed by atoms with E-state index in [2.05, 4.69) is 28.6 Å². The molecule has 2 atom stereocenters. The lowest BCUT2D eigenvalue weighted by Gasteiger charge is -2.22. The summed E-state index contributed by atoms with van der Waals surface area (Å²) < 4.78 is 0. The predicted octanol–water partition coefficient (Wildman–Crippen LogP) is 0.717. The van der Waals surface area contributed by atoms with Crippen LogP contribution in [0.15, 0.2) is 30.3 Å². The molecular formula is C18H27N3O3S. The molecule has 2 unspecified atom stereocenters. The van der Waals surface area contributed by atoms with Crippen molar-refractivity contribution in [3.05, 3.63) is 35.9 Å². The third-order valence-corrected chi connectivity index (χ3v) is 3.91. The Morgan fingerprint density at radius 2 is 1.80 bits per heavy atom. The van der Waals surface area contributed by atoms with Crippen LogP contribution in [0.25, 0.3) is 0 Å². The minimum absolute atomic E-state index is 0.0613. The molecule has 0 aliphatic rings. The highest BCUT2D eigenvalue weighted by Crippen LogP contribution is 2.05. The number of nitrogens with one attached hydrogen (secondary N) is 3. The van der Waals surface area contributed by atoms with Crippen molar-refractivity contribution >= 4 is 30.2 Å². The van der Waals surface area contributed by atoms with Gasteiger partial charge in [-0.05, 0) is 31.6 Å². The van der Waals surface area contributed by atoms with Gasteiger partial charge in [-0.3, -0.25) is 19.7 Å². The van der Waals surface area contributed by atoms with Crippen LogP contribution in [0.3, 0.4) is 0 Å². The molecule has 138 valence electrons. The van der Waals surface area contributed by atoms with Gasteiger partial charge in [0, 0.05) is 13.0 Å². The standard InChI is InChI=1S/C18H27N3O3S/c1-3-19-18(24)15(11-14-7-5-4-6-8-14)21-13(2)16(22)12-20-17(23)9-10-25/h4-8,13,15,21,25H,3,9-12H2,1-2H3,(H,19,24)(H,20,23). The number of ketones is 1. The van der Waals surface area contributed by atoms with E-state index in [1.807, 2.05) is 37.3 Å². The van der Waals surface area contributed by atoms with E-state index in [9.17, 15) is 14.4 Å². The summed E-state index contributed by atoms with van der Waals surface area (Å²) in [5, 5.41) is 8.43. The third kappa shape index (κ3) is 8.18. The number of carbonyl (C=O) groups is 3. The van der Waals surface area contributed by atoms with Gasteiger partial charge in [0.25, 0.3) is 0 Å². The topological polar surface area (TPSA) is 87.3 Å². The minimum atomic E-state index is -0.549. The Hall–Kier alpha value is -1.86. The number of thiol groups is 1. The van der Waals surface area contributed by atoms with Gasteiger partial charge in [-0.25, -0.2) is 0 Å². The van der Waals surface area contributed by atoms with Gasteiger partial charge in [0.2, 0.25) is 11.8 Å². The molecule has 7 heteroatoms. The molecule has 0 heterocycles. The van der Waals surface area contributed by atoms with Gasteiger partial charge in [0.05, 0.1) is 18.6 Å². The molecule has 0 fully saturated rings. The highest BCUT2D eigenvalue weighted by Gasteiger charge is 2.23. The fourth-order valence-electron chi connectivity index (χ4n) is 2.30. The van der Waals surface area contributed by atoms with Crippen LogP contribution in [-0.2, 0) is 20.8 Å². The Kier molecular flexibility index (Phi) is 9.87. The maximum atomic E-state index is 12.3. The van der Waals surface area contributed by atoms with E-state index in [4.69, 9.17) is 0 Å². The van der Waals surface area contributed by atoms with Crippen molar-refractivity contribution < 1.29 is 14.4 Å². The number of benzene rings is 1. The summed E-state index contributed by atoms with van der Waals surface area (Å²) in [6.45, 7) is 4.01. The van der Waals surface area contributed by atoms with Gasteiger partial charge >= 0.3 is 0 Å². The molecule has 0 bridgehead atoms. The molecule has 0 aliphatic carbocycles. The Morgan fingerprint density at radius 3 is 2.40 bits per heavy atom. The van der Waals surface area contributed by atoms with E-state index in [1.54, 1.807) is 6.92 Å². The smallest absolute Gasteiger partial charge is 0.237 e.